The number of alkyl halides is 3. The normalized spacial score (nSPS) is 12.2. The minimum Gasteiger partial charge on any atom is -0.329 e. The average Bonchev–Trinajstić information content (AvgIpc) is 2.88. The molecular weight excluding hydrogens is 373 g/mol. The van der Waals surface area contributed by atoms with E-state index in [1.165, 1.54) is 14.1 Å². The fraction of sp³-hybridized carbons (Fsp3) is 0.250. The molecule has 1 amide bonds. The topological polar surface area (TPSA) is 85.2 Å². The first kappa shape index (κ1) is 18.2. The van der Waals surface area contributed by atoms with E-state index in [-0.39, 0.29) is 0 Å². The summed E-state index contributed by atoms with van der Waals surface area (Å²) in [6, 6.07) is 0.809. The Balaban J connectivity index is 2.64. The first-order valence-electron chi connectivity index (χ1n) is 6.20. The Bertz CT molecular complexity index is 893. The molecule has 0 aliphatic rings. The number of hydrogen-bond donors (Lipinski definition) is 0. The van der Waals surface area contributed by atoms with Crippen LogP contribution in [0.3, 0.4) is 0 Å². The molecule has 0 saturated heterocycles. The Morgan fingerprint density at radius 1 is 1.29 bits per heavy atom. The minimum atomic E-state index is -4.94. The number of carbonyl (C=O) groups is 1. The SMILES string of the molecule is CN(C)C(=O)n1cc(Cl)c(S(=O)(=O)c2ncccc2C(F)(F)F)n1. The summed E-state index contributed by atoms with van der Waals surface area (Å²) < 4.78 is 64.6. The highest BCUT2D eigenvalue weighted by Crippen LogP contribution is 2.36. The molecule has 2 heterocycles. The van der Waals surface area contributed by atoms with E-state index in [1.54, 1.807) is 0 Å². The quantitative estimate of drug-likeness (QED) is 0.795. The summed E-state index contributed by atoms with van der Waals surface area (Å²) in [6.45, 7) is 0. The van der Waals surface area contributed by atoms with Crippen LogP contribution in [0.2, 0.25) is 5.02 Å². The average molecular weight is 383 g/mol. The van der Waals surface area contributed by atoms with Crippen LogP contribution in [-0.4, -0.2) is 48.2 Å². The van der Waals surface area contributed by atoms with Crippen LogP contribution in [0.25, 0.3) is 0 Å². The summed E-state index contributed by atoms with van der Waals surface area (Å²) in [7, 11) is -2.02. The van der Waals surface area contributed by atoms with E-state index >= 15 is 0 Å². The molecule has 0 fully saturated rings. The van der Waals surface area contributed by atoms with Crippen molar-refractivity contribution in [3.63, 3.8) is 0 Å². The van der Waals surface area contributed by atoms with Gasteiger partial charge in [-0.2, -0.15) is 17.9 Å². The van der Waals surface area contributed by atoms with Gasteiger partial charge in [0.25, 0.3) is 0 Å². The van der Waals surface area contributed by atoms with Crippen molar-refractivity contribution in [2.24, 2.45) is 0 Å². The molecule has 0 atom stereocenters. The van der Waals surface area contributed by atoms with Crippen LogP contribution in [0.1, 0.15) is 5.56 Å². The van der Waals surface area contributed by atoms with Gasteiger partial charge in [-0.15, -0.1) is 5.10 Å². The molecule has 0 aliphatic carbocycles. The summed E-state index contributed by atoms with van der Waals surface area (Å²) >= 11 is 5.75. The number of pyridine rings is 1. The maximum atomic E-state index is 13.0. The zero-order valence-corrected chi connectivity index (χ0v) is 13.8. The smallest absolute Gasteiger partial charge is 0.329 e. The Morgan fingerprint density at radius 3 is 2.46 bits per heavy atom. The van der Waals surface area contributed by atoms with E-state index in [4.69, 9.17) is 11.6 Å². The van der Waals surface area contributed by atoms with Crippen molar-refractivity contribution in [1.82, 2.24) is 19.7 Å². The molecule has 12 heteroatoms. The third kappa shape index (κ3) is 3.22. The summed E-state index contributed by atoms with van der Waals surface area (Å²) in [5.41, 5.74) is -1.45. The summed E-state index contributed by atoms with van der Waals surface area (Å²) in [6.07, 6.45) is -3.14. The number of aromatic nitrogens is 3. The summed E-state index contributed by atoms with van der Waals surface area (Å²) in [5, 5.41) is 0.884. The van der Waals surface area contributed by atoms with Gasteiger partial charge in [0.2, 0.25) is 14.9 Å². The first-order valence-corrected chi connectivity index (χ1v) is 8.06. The van der Waals surface area contributed by atoms with Gasteiger partial charge in [0.05, 0.1) is 16.8 Å². The lowest BCUT2D eigenvalue weighted by Crippen LogP contribution is -2.27. The van der Waals surface area contributed by atoms with E-state index in [2.05, 4.69) is 10.1 Å². The molecule has 130 valence electrons. The molecular formula is C12H10ClF3N4O3S. The fourth-order valence-electron chi connectivity index (χ4n) is 1.73. The van der Waals surface area contributed by atoms with Crippen molar-refractivity contribution in [3.8, 4) is 0 Å². The van der Waals surface area contributed by atoms with Gasteiger partial charge in [-0.1, -0.05) is 11.6 Å². The highest BCUT2D eigenvalue weighted by atomic mass is 35.5. The molecule has 0 aromatic carbocycles. The van der Waals surface area contributed by atoms with Gasteiger partial charge < -0.3 is 4.90 Å². The van der Waals surface area contributed by atoms with Crippen molar-refractivity contribution in [3.05, 3.63) is 35.1 Å². The zero-order chi connectivity index (χ0) is 18.3. The minimum absolute atomic E-state index is 0.496. The van der Waals surface area contributed by atoms with E-state index in [9.17, 15) is 26.4 Å². The summed E-state index contributed by atoms with van der Waals surface area (Å²) in [4.78, 5) is 16.2. The number of rotatable bonds is 2. The maximum Gasteiger partial charge on any atom is 0.419 e. The molecule has 0 saturated carbocycles. The van der Waals surface area contributed by atoms with E-state index in [0.717, 1.165) is 23.4 Å². The van der Waals surface area contributed by atoms with Crippen molar-refractivity contribution in [2.75, 3.05) is 14.1 Å². The molecule has 0 spiro atoms. The molecule has 2 rings (SSSR count). The van der Waals surface area contributed by atoms with E-state index in [1.807, 2.05) is 0 Å². The van der Waals surface area contributed by atoms with Crippen LogP contribution in [-0.2, 0) is 16.0 Å². The van der Waals surface area contributed by atoms with Crippen LogP contribution < -0.4 is 0 Å². The standard InChI is InChI=1S/C12H10ClF3N4O3S/c1-19(2)11(21)20-6-8(13)10(18-20)24(22,23)9-7(12(14,15)16)4-3-5-17-9/h3-6H,1-2H3. The lowest BCUT2D eigenvalue weighted by molar-refractivity contribution is -0.140. The molecule has 0 N–H and O–H groups in total. The molecule has 7 nitrogen and oxygen atoms in total. The second-order valence-corrected chi connectivity index (χ2v) is 6.95. The largest absolute Gasteiger partial charge is 0.419 e. The number of carbonyl (C=O) groups excluding carboxylic acids is 1. The first-order chi connectivity index (χ1) is 11.0. The number of sulfone groups is 1. The fourth-order valence-corrected chi connectivity index (χ4v) is 3.53. The summed E-state index contributed by atoms with van der Waals surface area (Å²) in [5.74, 6) is 0. The molecule has 24 heavy (non-hydrogen) atoms. The van der Waals surface area contributed by atoms with Crippen LogP contribution in [0, 0.1) is 0 Å². The second-order valence-electron chi connectivity index (χ2n) is 4.76. The molecule has 0 radical (unpaired) electrons. The van der Waals surface area contributed by atoms with Gasteiger partial charge in [-0.05, 0) is 12.1 Å². The van der Waals surface area contributed by atoms with Crippen molar-refractivity contribution in [1.29, 1.82) is 0 Å². The third-order valence-corrected chi connectivity index (χ3v) is 4.84. The number of amides is 1. The number of nitrogens with zero attached hydrogens (tertiary/aromatic N) is 4. The Labute approximate surface area is 139 Å². The lowest BCUT2D eigenvalue weighted by Gasteiger charge is -2.11. The van der Waals surface area contributed by atoms with E-state index in [0.29, 0.717) is 10.7 Å². The van der Waals surface area contributed by atoms with Crippen molar-refractivity contribution < 1.29 is 26.4 Å². The number of halogens is 4. The Hall–Kier alpha value is -2.14. The lowest BCUT2D eigenvalue weighted by atomic mass is 10.3. The molecule has 0 aliphatic heterocycles. The maximum absolute atomic E-state index is 13.0. The predicted octanol–water partition coefficient (Wildman–Crippen LogP) is 2.31. The highest BCUT2D eigenvalue weighted by molar-refractivity contribution is 7.91. The highest BCUT2D eigenvalue weighted by Gasteiger charge is 2.40. The van der Waals surface area contributed by atoms with Gasteiger partial charge in [0.1, 0.15) is 0 Å². The Morgan fingerprint density at radius 2 is 1.92 bits per heavy atom. The van der Waals surface area contributed by atoms with Crippen LogP contribution >= 0.6 is 11.6 Å². The zero-order valence-electron chi connectivity index (χ0n) is 12.2. The van der Waals surface area contributed by atoms with Gasteiger partial charge in [0.15, 0.2) is 5.03 Å². The van der Waals surface area contributed by atoms with Gasteiger partial charge in [-0.25, -0.2) is 18.2 Å². The number of hydrogen-bond acceptors (Lipinski definition) is 5. The predicted molar refractivity (Wildman–Crippen MR) is 76.4 cm³/mol. The second kappa shape index (κ2) is 6.06. The third-order valence-electron chi connectivity index (χ3n) is 2.80. The van der Waals surface area contributed by atoms with E-state index < -0.39 is 42.7 Å². The Kier molecular flexibility index (Phi) is 4.59. The molecule has 0 unspecified atom stereocenters. The monoisotopic (exact) mass is 382 g/mol. The molecule has 2 aromatic rings. The van der Waals surface area contributed by atoms with Gasteiger partial charge >= 0.3 is 12.2 Å². The van der Waals surface area contributed by atoms with Gasteiger partial charge in [0, 0.05) is 20.3 Å². The van der Waals surface area contributed by atoms with Crippen LogP contribution in [0.15, 0.2) is 34.6 Å². The van der Waals surface area contributed by atoms with Crippen LogP contribution in [0.5, 0.6) is 0 Å². The van der Waals surface area contributed by atoms with Crippen LogP contribution in [0.4, 0.5) is 18.0 Å². The van der Waals surface area contributed by atoms with Crippen molar-refractivity contribution in [2.45, 2.75) is 16.2 Å². The van der Waals surface area contributed by atoms with Gasteiger partial charge in [-0.3, -0.25) is 0 Å². The molecule has 2 aromatic heterocycles. The van der Waals surface area contributed by atoms with Crippen molar-refractivity contribution >= 4 is 27.5 Å². The molecule has 0 bridgehead atoms.